The molecule has 1 fully saturated rings. The highest BCUT2D eigenvalue weighted by Crippen LogP contribution is 2.34. The van der Waals surface area contributed by atoms with Gasteiger partial charge in [-0.15, -0.1) is 0 Å². The van der Waals surface area contributed by atoms with Gasteiger partial charge in [0.25, 0.3) is 0 Å². The monoisotopic (exact) mass is 467 g/mol. The van der Waals surface area contributed by atoms with Crippen LogP contribution in [0.3, 0.4) is 0 Å². The third-order valence-corrected chi connectivity index (χ3v) is 5.59. The molecule has 1 aromatic carbocycles. The molecule has 3 aromatic rings. The van der Waals surface area contributed by atoms with E-state index in [1.807, 2.05) is 45.0 Å². The van der Waals surface area contributed by atoms with E-state index in [9.17, 15) is 9.90 Å². The number of anilines is 1. The van der Waals surface area contributed by atoms with Crippen LogP contribution in [-0.4, -0.2) is 65.2 Å². The summed E-state index contributed by atoms with van der Waals surface area (Å²) in [7, 11) is 1.77. The molecule has 34 heavy (non-hydrogen) atoms. The molecule has 1 saturated heterocycles. The van der Waals surface area contributed by atoms with E-state index < -0.39 is 6.10 Å². The number of aromatic nitrogens is 3. The van der Waals surface area contributed by atoms with E-state index in [1.54, 1.807) is 7.05 Å². The van der Waals surface area contributed by atoms with Gasteiger partial charge in [0.15, 0.2) is 5.82 Å². The van der Waals surface area contributed by atoms with Crippen molar-refractivity contribution in [2.75, 3.05) is 32.1 Å². The Hall–Kier alpha value is -3.50. The van der Waals surface area contributed by atoms with E-state index in [2.05, 4.69) is 15.8 Å². The molecular formula is C24H29N5O5. The van der Waals surface area contributed by atoms with Gasteiger partial charge < -0.3 is 29.7 Å². The van der Waals surface area contributed by atoms with Crippen LogP contribution in [0.15, 0.2) is 28.8 Å². The fourth-order valence-corrected chi connectivity index (χ4v) is 3.86. The normalized spacial score (nSPS) is 16.4. The Bertz CT molecular complexity index is 1160. The first-order chi connectivity index (χ1) is 16.4. The molecule has 0 saturated carbocycles. The standard InChI is InChI=1S/C24H29N5O5/c1-13-22(21-14(2)29-34-15(21)3)27-24(28-23(13)26-17-9-20(31)33-11-17)16-6-5-7-19(8-16)32-12-18(30)10-25-4/h5-8,17-18,25,30H,9-12H2,1-4H3,(H,26,27,28). The van der Waals surface area contributed by atoms with Crippen molar-refractivity contribution in [2.45, 2.75) is 39.3 Å². The maximum Gasteiger partial charge on any atom is 0.308 e. The molecule has 0 spiro atoms. The van der Waals surface area contributed by atoms with Crippen LogP contribution >= 0.6 is 0 Å². The number of nitrogens with one attached hydrogen (secondary N) is 2. The molecule has 3 heterocycles. The molecule has 0 radical (unpaired) electrons. The van der Waals surface area contributed by atoms with Gasteiger partial charge in [-0.1, -0.05) is 17.3 Å². The molecule has 180 valence electrons. The van der Waals surface area contributed by atoms with Crippen molar-refractivity contribution in [1.82, 2.24) is 20.4 Å². The number of hydrogen-bond acceptors (Lipinski definition) is 10. The molecule has 2 atom stereocenters. The highest BCUT2D eigenvalue weighted by molar-refractivity contribution is 5.76. The van der Waals surface area contributed by atoms with E-state index >= 15 is 0 Å². The minimum atomic E-state index is -0.623. The molecule has 0 aliphatic carbocycles. The number of aliphatic hydroxyl groups is 1. The summed E-state index contributed by atoms with van der Waals surface area (Å²) in [5.74, 6) is 2.11. The summed E-state index contributed by atoms with van der Waals surface area (Å²) in [5.41, 5.74) is 3.80. The topological polar surface area (TPSA) is 132 Å². The Morgan fingerprint density at radius 3 is 2.76 bits per heavy atom. The lowest BCUT2D eigenvalue weighted by molar-refractivity contribution is -0.137. The number of esters is 1. The predicted molar refractivity (Wildman–Crippen MR) is 126 cm³/mol. The number of carbonyl (C=O) groups is 1. The second-order valence-electron chi connectivity index (χ2n) is 8.35. The first-order valence-electron chi connectivity index (χ1n) is 11.2. The van der Waals surface area contributed by atoms with Gasteiger partial charge in [0.05, 0.1) is 29.4 Å². The summed E-state index contributed by atoms with van der Waals surface area (Å²) in [5, 5.41) is 20.3. The van der Waals surface area contributed by atoms with Crippen LogP contribution in [0, 0.1) is 20.8 Å². The number of benzene rings is 1. The quantitative estimate of drug-likeness (QED) is 0.403. The van der Waals surface area contributed by atoms with Gasteiger partial charge >= 0.3 is 5.97 Å². The molecule has 10 heteroatoms. The lowest BCUT2D eigenvalue weighted by Crippen LogP contribution is -2.29. The second kappa shape index (κ2) is 10.2. The van der Waals surface area contributed by atoms with Crippen molar-refractivity contribution in [3.63, 3.8) is 0 Å². The third-order valence-electron chi connectivity index (χ3n) is 5.59. The van der Waals surface area contributed by atoms with Crippen LogP contribution < -0.4 is 15.4 Å². The van der Waals surface area contributed by atoms with Crippen molar-refractivity contribution < 1.29 is 23.9 Å². The molecule has 0 bridgehead atoms. The SMILES string of the molecule is CNCC(O)COc1cccc(-c2nc(NC3COC(=O)C3)c(C)c(-c3c(C)noc3C)n2)c1. The summed E-state index contributed by atoms with van der Waals surface area (Å²) in [6.07, 6.45) is -0.347. The molecule has 4 rings (SSSR count). The number of hydrogen-bond donors (Lipinski definition) is 3. The lowest BCUT2D eigenvalue weighted by atomic mass is 10.0. The van der Waals surface area contributed by atoms with E-state index in [0.717, 1.165) is 22.4 Å². The molecule has 1 aliphatic heterocycles. The van der Waals surface area contributed by atoms with E-state index in [-0.39, 0.29) is 31.6 Å². The summed E-state index contributed by atoms with van der Waals surface area (Å²) in [6.45, 7) is 6.52. The smallest absolute Gasteiger partial charge is 0.308 e. The van der Waals surface area contributed by atoms with Crippen LogP contribution in [0.2, 0.25) is 0 Å². The van der Waals surface area contributed by atoms with E-state index in [4.69, 9.17) is 24.0 Å². The molecule has 1 aliphatic rings. The number of aliphatic hydroxyl groups excluding tert-OH is 1. The number of ether oxygens (including phenoxy) is 2. The largest absolute Gasteiger partial charge is 0.491 e. The van der Waals surface area contributed by atoms with E-state index in [1.165, 1.54) is 0 Å². The highest BCUT2D eigenvalue weighted by Gasteiger charge is 2.26. The van der Waals surface area contributed by atoms with Crippen LogP contribution in [0.4, 0.5) is 5.82 Å². The first-order valence-corrected chi connectivity index (χ1v) is 11.2. The van der Waals surface area contributed by atoms with Crippen molar-refractivity contribution in [3.05, 3.63) is 41.3 Å². The Balaban J connectivity index is 1.72. The van der Waals surface area contributed by atoms with E-state index in [0.29, 0.717) is 35.4 Å². The van der Waals surface area contributed by atoms with Crippen molar-refractivity contribution in [2.24, 2.45) is 0 Å². The van der Waals surface area contributed by atoms with Gasteiger partial charge in [-0.05, 0) is 40.0 Å². The Morgan fingerprint density at radius 1 is 1.26 bits per heavy atom. The zero-order chi connectivity index (χ0) is 24.2. The third kappa shape index (κ3) is 5.18. The van der Waals surface area contributed by atoms with Crippen molar-refractivity contribution >= 4 is 11.8 Å². The minimum Gasteiger partial charge on any atom is -0.491 e. The number of rotatable bonds is 9. The highest BCUT2D eigenvalue weighted by atomic mass is 16.5. The Labute approximate surface area is 197 Å². The summed E-state index contributed by atoms with van der Waals surface area (Å²) >= 11 is 0. The zero-order valence-corrected chi connectivity index (χ0v) is 19.7. The lowest BCUT2D eigenvalue weighted by Gasteiger charge is -2.17. The Morgan fingerprint density at radius 2 is 2.09 bits per heavy atom. The molecular weight excluding hydrogens is 438 g/mol. The average molecular weight is 468 g/mol. The Kier molecular flexibility index (Phi) is 7.09. The average Bonchev–Trinajstić information content (AvgIpc) is 3.38. The van der Waals surface area contributed by atoms with Gasteiger partial charge in [-0.25, -0.2) is 9.97 Å². The van der Waals surface area contributed by atoms with Crippen LogP contribution in [-0.2, 0) is 9.53 Å². The number of nitrogens with zero attached hydrogens (tertiary/aromatic N) is 3. The van der Waals surface area contributed by atoms with Crippen LogP contribution in [0.5, 0.6) is 5.75 Å². The van der Waals surface area contributed by atoms with Crippen LogP contribution in [0.25, 0.3) is 22.6 Å². The minimum absolute atomic E-state index is 0.159. The first kappa shape index (κ1) is 23.7. The number of likely N-dealkylation sites (N-methyl/N-ethyl adjacent to an activating group) is 1. The zero-order valence-electron chi connectivity index (χ0n) is 19.7. The van der Waals surface area contributed by atoms with Gasteiger partial charge in [0.1, 0.15) is 36.6 Å². The molecule has 2 unspecified atom stereocenters. The fraction of sp³-hybridized carbons (Fsp3) is 0.417. The summed E-state index contributed by atoms with van der Waals surface area (Å²) < 4.78 is 16.2. The summed E-state index contributed by atoms with van der Waals surface area (Å²) in [4.78, 5) is 21.2. The number of aryl methyl sites for hydroxylation is 2. The van der Waals surface area contributed by atoms with Gasteiger partial charge in [-0.2, -0.15) is 0 Å². The second-order valence-corrected chi connectivity index (χ2v) is 8.35. The maximum atomic E-state index is 11.6. The summed E-state index contributed by atoms with van der Waals surface area (Å²) in [6, 6.07) is 7.23. The van der Waals surface area contributed by atoms with Gasteiger partial charge in [0.2, 0.25) is 0 Å². The van der Waals surface area contributed by atoms with Gasteiger partial charge in [-0.3, -0.25) is 4.79 Å². The fourth-order valence-electron chi connectivity index (χ4n) is 3.86. The number of carbonyl (C=O) groups excluding carboxylic acids is 1. The molecule has 10 nitrogen and oxygen atoms in total. The van der Waals surface area contributed by atoms with Crippen LogP contribution in [0.1, 0.15) is 23.4 Å². The molecule has 0 amide bonds. The molecule has 3 N–H and O–H groups in total. The molecule has 2 aromatic heterocycles. The maximum absolute atomic E-state index is 11.6. The van der Waals surface area contributed by atoms with Gasteiger partial charge in [0, 0.05) is 17.7 Å². The number of cyclic esters (lactones) is 1. The predicted octanol–water partition coefficient (Wildman–Crippen LogP) is 2.41. The van der Waals surface area contributed by atoms with Crippen molar-refractivity contribution in [3.8, 4) is 28.4 Å². The van der Waals surface area contributed by atoms with Crippen molar-refractivity contribution in [1.29, 1.82) is 0 Å².